The van der Waals surface area contributed by atoms with E-state index in [9.17, 15) is 0 Å². The van der Waals surface area contributed by atoms with Gasteiger partial charge in [0.2, 0.25) is 0 Å². The quantitative estimate of drug-likeness (QED) is 0.814. The van der Waals surface area contributed by atoms with Crippen LogP contribution in [0.15, 0.2) is 40.9 Å². The number of benzene rings is 1. The lowest BCUT2D eigenvalue weighted by Gasteiger charge is -2.11. The largest absolute Gasteiger partial charge is 0.309 e. The van der Waals surface area contributed by atoms with E-state index in [-0.39, 0.29) is 0 Å². The second-order valence-electron chi connectivity index (χ2n) is 3.65. The van der Waals surface area contributed by atoms with Gasteiger partial charge in [0, 0.05) is 17.1 Å². The maximum atomic E-state index is 3.54. The maximum absolute atomic E-state index is 3.54. The monoisotopic (exact) mass is 251 g/mol. The third-order valence-corrected chi connectivity index (χ3v) is 3.04. The van der Waals surface area contributed by atoms with Crippen LogP contribution in [0.25, 0.3) is 0 Å². The van der Waals surface area contributed by atoms with Crippen molar-refractivity contribution in [1.82, 2.24) is 5.32 Å². The summed E-state index contributed by atoms with van der Waals surface area (Å²) in [6.07, 6.45) is 6.85. The molecule has 0 aliphatic heterocycles. The molecule has 0 unspecified atom stereocenters. The van der Waals surface area contributed by atoms with Crippen LogP contribution in [0.3, 0.4) is 0 Å². The van der Waals surface area contributed by atoms with E-state index in [1.807, 2.05) is 0 Å². The predicted octanol–water partition coefficient (Wildman–Crippen LogP) is 3.26. The summed E-state index contributed by atoms with van der Waals surface area (Å²) in [5.41, 5.74) is 1.35. The molecule has 74 valence electrons. The molecule has 2 heteroatoms. The molecule has 2 rings (SSSR count). The standard InChI is InChI=1S/C12H14BrN/c13-11-7-5-10(6-8-11)9-14-12-3-1-2-4-12/h1-2,5-8,12,14H,3-4,9H2. The molecule has 1 aromatic carbocycles. The highest BCUT2D eigenvalue weighted by molar-refractivity contribution is 9.10. The summed E-state index contributed by atoms with van der Waals surface area (Å²) >= 11 is 3.43. The molecule has 1 aromatic rings. The molecule has 14 heavy (non-hydrogen) atoms. The van der Waals surface area contributed by atoms with E-state index >= 15 is 0 Å². The van der Waals surface area contributed by atoms with Crippen molar-refractivity contribution in [2.75, 3.05) is 0 Å². The first-order chi connectivity index (χ1) is 6.84. The molecule has 0 fully saturated rings. The van der Waals surface area contributed by atoms with Crippen LogP contribution >= 0.6 is 15.9 Å². The number of nitrogens with one attached hydrogen (secondary N) is 1. The van der Waals surface area contributed by atoms with Gasteiger partial charge in [-0.1, -0.05) is 40.2 Å². The first kappa shape index (κ1) is 9.94. The normalized spacial score (nSPS) is 16.4. The van der Waals surface area contributed by atoms with Gasteiger partial charge >= 0.3 is 0 Å². The molecule has 0 atom stereocenters. The van der Waals surface area contributed by atoms with Crippen LogP contribution in [0, 0.1) is 0 Å². The Morgan fingerprint density at radius 2 is 1.79 bits per heavy atom. The number of hydrogen-bond acceptors (Lipinski definition) is 1. The summed E-state index contributed by atoms with van der Waals surface area (Å²) in [6, 6.07) is 9.13. The zero-order chi connectivity index (χ0) is 9.80. The van der Waals surface area contributed by atoms with E-state index in [0.717, 1.165) is 11.0 Å². The van der Waals surface area contributed by atoms with Crippen molar-refractivity contribution in [1.29, 1.82) is 0 Å². The van der Waals surface area contributed by atoms with Crippen LogP contribution in [0.1, 0.15) is 18.4 Å². The summed E-state index contributed by atoms with van der Waals surface area (Å²) in [7, 11) is 0. The SMILES string of the molecule is Brc1ccc(CNC2CC=CC2)cc1. The molecule has 0 amide bonds. The van der Waals surface area contributed by atoms with Gasteiger partial charge in [-0.2, -0.15) is 0 Å². The summed E-state index contributed by atoms with van der Waals surface area (Å²) in [5, 5.41) is 3.54. The highest BCUT2D eigenvalue weighted by atomic mass is 79.9. The Hall–Kier alpha value is -0.600. The molecule has 0 bridgehead atoms. The lowest BCUT2D eigenvalue weighted by molar-refractivity contribution is 0.538. The van der Waals surface area contributed by atoms with Gasteiger partial charge in [0.25, 0.3) is 0 Å². The lowest BCUT2D eigenvalue weighted by atomic mass is 10.2. The second-order valence-corrected chi connectivity index (χ2v) is 4.56. The summed E-state index contributed by atoms with van der Waals surface area (Å²) in [5.74, 6) is 0. The Balaban J connectivity index is 1.82. The van der Waals surface area contributed by atoms with Gasteiger partial charge in [0.05, 0.1) is 0 Å². The van der Waals surface area contributed by atoms with Crippen LogP contribution in [0.4, 0.5) is 0 Å². The van der Waals surface area contributed by atoms with Crippen molar-refractivity contribution in [2.24, 2.45) is 0 Å². The molecule has 1 aliphatic carbocycles. The van der Waals surface area contributed by atoms with E-state index < -0.39 is 0 Å². The minimum Gasteiger partial charge on any atom is -0.309 e. The number of hydrogen-bond donors (Lipinski definition) is 1. The van der Waals surface area contributed by atoms with E-state index in [1.54, 1.807) is 0 Å². The molecular weight excluding hydrogens is 238 g/mol. The second kappa shape index (κ2) is 4.76. The fraction of sp³-hybridized carbons (Fsp3) is 0.333. The third-order valence-electron chi connectivity index (χ3n) is 2.52. The van der Waals surface area contributed by atoms with Crippen molar-refractivity contribution in [3.05, 3.63) is 46.5 Å². The highest BCUT2D eigenvalue weighted by Gasteiger charge is 2.08. The van der Waals surface area contributed by atoms with Gasteiger partial charge in [-0.15, -0.1) is 0 Å². The summed E-state index contributed by atoms with van der Waals surface area (Å²) in [6.45, 7) is 0.972. The molecule has 0 spiro atoms. The molecule has 1 N–H and O–H groups in total. The van der Waals surface area contributed by atoms with Crippen LogP contribution in [0.2, 0.25) is 0 Å². The fourth-order valence-electron chi connectivity index (χ4n) is 1.65. The topological polar surface area (TPSA) is 12.0 Å². The highest BCUT2D eigenvalue weighted by Crippen LogP contribution is 2.12. The summed E-state index contributed by atoms with van der Waals surface area (Å²) in [4.78, 5) is 0. The van der Waals surface area contributed by atoms with Crippen molar-refractivity contribution in [3.8, 4) is 0 Å². The minimum atomic E-state index is 0.652. The number of rotatable bonds is 3. The Labute approximate surface area is 93.3 Å². The van der Waals surface area contributed by atoms with Gasteiger partial charge in [0.15, 0.2) is 0 Å². The van der Waals surface area contributed by atoms with E-state index in [2.05, 4.69) is 57.7 Å². The van der Waals surface area contributed by atoms with Gasteiger partial charge in [-0.25, -0.2) is 0 Å². The maximum Gasteiger partial charge on any atom is 0.0208 e. The Kier molecular flexibility index (Phi) is 3.38. The van der Waals surface area contributed by atoms with E-state index in [1.165, 1.54) is 18.4 Å². The molecule has 1 nitrogen and oxygen atoms in total. The Morgan fingerprint density at radius 1 is 1.14 bits per heavy atom. The average Bonchev–Trinajstić information content (AvgIpc) is 2.70. The first-order valence-electron chi connectivity index (χ1n) is 4.97. The molecule has 0 saturated heterocycles. The zero-order valence-electron chi connectivity index (χ0n) is 8.04. The molecule has 0 saturated carbocycles. The third kappa shape index (κ3) is 2.69. The van der Waals surface area contributed by atoms with Crippen LogP contribution in [-0.2, 0) is 6.54 Å². The average molecular weight is 252 g/mol. The lowest BCUT2D eigenvalue weighted by Crippen LogP contribution is -2.25. The molecule has 0 heterocycles. The van der Waals surface area contributed by atoms with Crippen LogP contribution in [-0.4, -0.2) is 6.04 Å². The predicted molar refractivity (Wildman–Crippen MR) is 63.1 cm³/mol. The Bertz CT molecular complexity index is 308. The van der Waals surface area contributed by atoms with Crippen LogP contribution in [0.5, 0.6) is 0 Å². The van der Waals surface area contributed by atoms with Crippen molar-refractivity contribution in [2.45, 2.75) is 25.4 Å². The minimum absolute atomic E-state index is 0.652. The van der Waals surface area contributed by atoms with Crippen molar-refractivity contribution in [3.63, 3.8) is 0 Å². The zero-order valence-corrected chi connectivity index (χ0v) is 9.63. The summed E-state index contributed by atoms with van der Waals surface area (Å²) < 4.78 is 1.14. The van der Waals surface area contributed by atoms with Gasteiger partial charge in [-0.05, 0) is 30.5 Å². The van der Waals surface area contributed by atoms with E-state index in [4.69, 9.17) is 0 Å². The van der Waals surface area contributed by atoms with Gasteiger partial charge in [-0.3, -0.25) is 0 Å². The fourth-order valence-corrected chi connectivity index (χ4v) is 1.91. The molecule has 0 aromatic heterocycles. The molecular formula is C12H14BrN. The van der Waals surface area contributed by atoms with E-state index in [0.29, 0.717) is 6.04 Å². The van der Waals surface area contributed by atoms with Crippen molar-refractivity contribution < 1.29 is 0 Å². The Morgan fingerprint density at radius 3 is 2.43 bits per heavy atom. The molecule has 0 radical (unpaired) electrons. The van der Waals surface area contributed by atoms with Gasteiger partial charge < -0.3 is 5.32 Å². The van der Waals surface area contributed by atoms with Crippen molar-refractivity contribution >= 4 is 15.9 Å². The molecule has 1 aliphatic rings. The van der Waals surface area contributed by atoms with Crippen LogP contribution < -0.4 is 5.32 Å². The number of halogens is 1. The van der Waals surface area contributed by atoms with Gasteiger partial charge in [0.1, 0.15) is 0 Å². The smallest absolute Gasteiger partial charge is 0.0208 e. The first-order valence-corrected chi connectivity index (χ1v) is 5.77.